The number of rotatable bonds is 6. The van der Waals surface area contributed by atoms with Crippen LogP contribution in [0.5, 0.6) is 0 Å². The van der Waals surface area contributed by atoms with Crippen LogP contribution >= 0.6 is 0 Å². The molecule has 0 unspecified atom stereocenters. The number of hydrogen-bond acceptors (Lipinski definition) is 2. The Balaban J connectivity index is 4.55. The molecule has 0 aliphatic heterocycles. The van der Waals surface area contributed by atoms with Crippen molar-refractivity contribution in [2.45, 2.75) is 45.8 Å². The lowest BCUT2D eigenvalue weighted by molar-refractivity contribution is 0.462. The monoisotopic (exact) mass is 221 g/mol. The predicted octanol–water partition coefficient (Wildman–Crippen LogP) is 2.00. The van der Waals surface area contributed by atoms with Gasteiger partial charge in [-0.1, -0.05) is 27.7 Å². The highest BCUT2D eigenvalue weighted by Gasteiger charge is 2.25. The van der Waals surface area contributed by atoms with Gasteiger partial charge in [0.1, 0.15) is 0 Å². The molecule has 0 amide bonds. The summed E-state index contributed by atoms with van der Waals surface area (Å²) in [6.07, 6.45) is 1.47. The fraction of sp³-hybridized carbons (Fsp3) is 1.00. The second kappa shape index (κ2) is 5.71. The van der Waals surface area contributed by atoms with Crippen LogP contribution in [0.25, 0.3) is 0 Å². The molecule has 0 atom stereocenters. The molecular formula is C10H23NO2S. The van der Waals surface area contributed by atoms with Gasteiger partial charge in [-0.15, -0.1) is 0 Å². The van der Waals surface area contributed by atoms with Crippen LogP contribution in [-0.4, -0.2) is 20.7 Å². The van der Waals surface area contributed by atoms with Crippen molar-refractivity contribution in [1.29, 1.82) is 0 Å². The summed E-state index contributed by atoms with van der Waals surface area (Å²) in [5.41, 5.74) is 0. The third-order valence-corrected chi connectivity index (χ3v) is 4.02. The van der Waals surface area contributed by atoms with Gasteiger partial charge in [-0.05, 0) is 31.7 Å². The van der Waals surface area contributed by atoms with Gasteiger partial charge in [-0.2, -0.15) is 0 Å². The largest absolute Gasteiger partial charge is 0.218 e. The van der Waals surface area contributed by atoms with E-state index >= 15 is 0 Å². The molecule has 0 heterocycles. The third-order valence-electron chi connectivity index (χ3n) is 2.19. The highest BCUT2D eigenvalue weighted by Crippen LogP contribution is 2.19. The molecular weight excluding hydrogens is 198 g/mol. The number of nitrogens with one attached hydrogen (secondary N) is 1. The highest BCUT2D eigenvalue weighted by molar-refractivity contribution is 7.90. The summed E-state index contributed by atoms with van der Waals surface area (Å²) in [6.45, 7) is 8.22. The van der Waals surface area contributed by atoms with E-state index in [1.54, 1.807) is 0 Å². The first-order chi connectivity index (χ1) is 6.29. The third kappa shape index (κ3) is 4.96. The van der Waals surface area contributed by atoms with Gasteiger partial charge in [0, 0.05) is 0 Å². The van der Waals surface area contributed by atoms with Crippen LogP contribution < -0.4 is 4.72 Å². The standard InChI is InChI=1S/C10H23NO2S/c1-8(2)6-10(7-9(3)4)14(12,13)11-5/h8-11H,6-7H2,1-5H3. The van der Waals surface area contributed by atoms with Gasteiger partial charge in [0.2, 0.25) is 10.0 Å². The molecule has 0 saturated carbocycles. The lowest BCUT2D eigenvalue weighted by Gasteiger charge is -2.20. The van der Waals surface area contributed by atoms with Gasteiger partial charge < -0.3 is 0 Å². The fourth-order valence-electron chi connectivity index (χ4n) is 1.57. The van der Waals surface area contributed by atoms with E-state index in [1.807, 2.05) is 0 Å². The molecule has 0 saturated heterocycles. The van der Waals surface area contributed by atoms with Gasteiger partial charge >= 0.3 is 0 Å². The molecule has 0 aliphatic carbocycles. The van der Waals surface area contributed by atoms with Crippen LogP contribution in [0.4, 0.5) is 0 Å². The Labute approximate surface area is 88.3 Å². The summed E-state index contributed by atoms with van der Waals surface area (Å²) >= 11 is 0. The van der Waals surface area contributed by atoms with E-state index in [1.165, 1.54) is 7.05 Å². The van der Waals surface area contributed by atoms with E-state index < -0.39 is 10.0 Å². The van der Waals surface area contributed by atoms with Crippen LogP contribution in [0.1, 0.15) is 40.5 Å². The SMILES string of the molecule is CNS(=O)(=O)C(CC(C)C)CC(C)C. The number of sulfonamides is 1. The quantitative estimate of drug-likeness (QED) is 0.745. The first-order valence-corrected chi connectivity index (χ1v) is 6.76. The molecule has 1 N–H and O–H groups in total. The lowest BCUT2D eigenvalue weighted by atomic mass is 10.0. The lowest BCUT2D eigenvalue weighted by Crippen LogP contribution is -2.33. The Bertz CT molecular complexity index is 235. The van der Waals surface area contributed by atoms with E-state index in [9.17, 15) is 8.42 Å². The maximum Gasteiger partial charge on any atom is 0.214 e. The molecule has 0 aromatic carbocycles. The molecule has 14 heavy (non-hydrogen) atoms. The normalized spacial score (nSPS) is 13.1. The van der Waals surface area contributed by atoms with Gasteiger partial charge in [0.15, 0.2) is 0 Å². The van der Waals surface area contributed by atoms with E-state index in [-0.39, 0.29) is 5.25 Å². The van der Waals surface area contributed by atoms with Crippen molar-refractivity contribution < 1.29 is 8.42 Å². The van der Waals surface area contributed by atoms with Gasteiger partial charge in [-0.3, -0.25) is 0 Å². The Morgan fingerprint density at radius 2 is 1.36 bits per heavy atom. The van der Waals surface area contributed by atoms with Crippen molar-refractivity contribution in [1.82, 2.24) is 4.72 Å². The summed E-state index contributed by atoms with van der Waals surface area (Å²) in [4.78, 5) is 0. The zero-order chi connectivity index (χ0) is 11.4. The fourth-order valence-corrected chi connectivity index (χ4v) is 3.18. The van der Waals surface area contributed by atoms with E-state index in [0.29, 0.717) is 11.8 Å². The Kier molecular flexibility index (Phi) is 5.67. The van der Waals surface area contributed by atoms with Gasteiger partial charge in [0.25, 0.3) is 0 Å². The maximum atomic E-state index is 11.7. The molecule has 0 rings (SSSR count). The van der Waals surface area contributed by atoms with E-state index in [2.05, 4.69) is 32.4 Å². The molecule has 0 fully saturated rings. The average molecular weight is 221 g/mol. The predicted molar refractivity (Wildman–Crippen MR) is 60.7 cm³/mol. The van der Waals surface area contributed by atoms with E-state index in [0.717, 1.165) is 12.8 Å². The minimum absolute atomic E-state index is 0.243. The Morgan fingerprint density at radius 1 is 1.00 bits per heavy atom. The minimum atomic E-state index is -3.10. The van der Waals surface area contributed by atoms with Crippen molar-refractivity contribution in [3.63, 3.8) is 0 Å². The number of hydrogen-bond donors (Lipinski definition) is 1. The minimum Gasteiger partial charge on any atom is -0.218 e. The second-order valence-corrected chi connectivity index (χ2v) is 6.80. The topological polar surface area (TPSA) is 46.2 Å². The second-order valence-electron chi connectivity index (χ2n) is 4.63. The average Bonchev–Trinajstić information content (AvgIpc) is 2.01. The molecule has 0 spiro atoms. The smallest absolute Gasteiger partial charge is 0.214 e. The Morgan fingerprint density at radius 3 is 1.57 bits per heavy atom. The summed E-state index contributed by atoms with van der Waals surface area (Å²) in [5.74, 6) is 0.837. The van der Waals surface area contributed by atoms with Crippen molar-refractivity contribution >= 4 is 10.0 Å². The highest BCUT2D eigenvalue weighted by atomic mass is 32.2. The summed E-state index contributed by atoms with van der Waals surface area (Å²) in [5, 5.41) is -0.243. The first kappa shape index (κ1) is 13.9. The molecule has 86 valence electrons. The molecule has 0 aromatic heterocycles. The Hall–Kier alpha value is -0.0900. The van der Waals surface area contributed by atoms with Crippen LogP contribution in [0.3, 0.4) is 0 Å². The molecule has 0 bridgehead atoms. The van der Waals surface area contributed by atoms with Crippen LogP contribution in [0.2, 0.25) is 0 Å². The van der Waals surface area contributed by atoms with E-state index in [4.69, 9.17) is 0 Å². The summed E-state index contributed by atoms with van der Waals surface area (Å²) in [7, 11) is -1.61. The van der Waals surface area contributed by atoms with Crippen molar-refractivity contribution in [2.75, 3.05) is 7.05 Å². The van der Waals surface area contributed by atoms with Crippen LogP contribution in [-0.2, 0) is 10.0 Å². The van der Waals surface area contributed by atoms with Crippen molar-refractivity contribution in [3.8, 4) is 0 Å². The zero-order valence-electron chi connectivity index (χ0n) is 9.87. The van der Waals surface area contributed by atoms with Crippen LogP contribution in [0.15, 0.2) is 0 Å². The molecule has 0 aromatic rings. The van der Waals surface area contributed by atoms with Crippen molar-refractivity contribution in [3.05, 3.63) is 0 Å². The van der Waals surface area contributed by atoms with Crippen LogP contribution in [0, 0.1) is 11.8 Å². The summed E-state index contributed by atoms with van der Waals surface area (Å²) < 4.78 is 25.7. The summed E-state index contributed by atoms with van der Waals surface area (Å²) in [6, 6.07) is 0. The molecule has 3 nitrogen and oxygen atoms in total. The van der Waals surface area contributed by atoms with Gasteiger partial charge in [0.05, 0.1) is 5.25 Å². The van der Waals surface area contributed by atoms with Gasteiger partial charge in [-0.25, -0.2) is 13.1 Å². The molecule has 4 heteroatoms. The molecule has 0 radical (unpaired) electrons. The zero-order valence-corrected chi connectivity index (χ0v) is 10.7. The maximum absolute atomic E-state index is 11.7. The van der Waals surface area contributed by atoms with Crippen molar-refractivity contribution in [2.24, 2.45) is 11.8 Å². The first-order valence-electron chi connectivity index (χ1n) is 5.22. The molecule has 0 aliphatic rings.